The molecule has 2 aromatic rings. The van der Waals surface area contributed by atoms with Crippen molar-refractivity contribution in [2.75, 3.05) is 0 Å². The SMILES string of the molecule is C/C(=C\c1ccccc1)[C@@H](O)[C@](F)(Br)C(=O)NCc1ccccc1. The maximum atomic E-state index is 14.7. The number of nitrogens with one attached hydrogen (secondary N) is 1. The third-order valence-corrected chi connectivity index (χ3v) is 4.36. The van der Waals surface area contributed by atoms with Crippen molar-refractivity contribution in [3.63, 3.8) is 0 Å². The first-order valence-corrected chi connectivity index (χ1v) is 8.32. The van der Waals surface area contributed by atoms with Gasteiger partial charge in [0.2, 0.25) is 0 Å². The summed E-state index contributed by atoms with van der Waals surface area (Å²) in [6, 6.07) is 18.4. The fourth-order valence-electron chi connectivity index (χ4n) is 2.20. The Bertz CT molecular complexity index is 702. The van der Waals surface area contributed by atoms with Crippen molar-refractivity contribution in [3.8, 4) is 0 Å². The minimum Gasteiger partial charge on any atom is -0.384 e. The summed E-state index contributed by atoms with van der Waals surface area (Å²) in [5.74, 6) is -0.917. The summed E-state index contributed by atoms with van der Waals surface area (Å²) in [6.07, 6.45) is 0.0403. The Morgan fingerprint density at radius 3 is 2.33 bits per heavy atom. The zero-order valence-corrected chi connectivity index (χ0v) is 14.8. The molecule has 0 heterocycles. The lowest BCUT2D eigenvalue weighted by Crippen LogP contribution is -2.47. The number of carbonyl (C=O) groups is 1. The van der Waals surface area contributed by atoms with E-state index in [1.807, 2.05) is 60.7 Å². The van der Waals surface area contributed by atoms with Crippen LogP contribution in [0.4, 0.5) is 4.39 Å². The van der Waals surface area contributed by atoms with E-state index >= 15 is 0 Å². The highest BCUT2D eigenvalue weighted by molar-refractivity contribution is 9.10. The monoisotopic (exact) mass is 391 g/mol. The summed E-state index contributed by atoms with van der Waals surface area (Å²) < 4.78 is 12.1. The molecule has 0 aromatic heterocycles. The Labute approximate surface area is 149 Å². The van der Waals surface area contributed by atoms with Crippen LogP contribution in [0.25, 0.3) is 6.08 Å². The molecule has 0 aliphatic rings. The molecule has 5 heteroatoms. The third kappa shape index (κ3) is 4.76. The van der Waals surface area contributed by atoms with E-state index in [0.29, 0.717) is 5.57 Å². The van der Waals surface area contributed by atoms with Crippen molar-refractivity contribution in [2.24, 2.45) is 0 Å². The normalized spacial score (nSPS) is 15.4. The number of carbonyl (C=O) groups excluding carboxylic acids is 1. The first-order chi connectivity index (χ1) is 11.4. The smallest absolute Gasteiger partial charge is 0.272 e. The molecule has 0 radical (unpaired) electrons. The Balaban J connectivity index is 2.04. The Morgan fingerprint density at radius 1 is 1.21 bits per heavy atom. The molecule has 0 saturated carbocycles. The molecular weight excluding hydrogens is 373 g/mol. The van der Waals surface area contributed by atoms with E-state index in [0.717, 1.165) is 11.1 Å². The maximum absolute atomic E-state index is 14.7. The second kappa shape index (κ2) is 8.22. The van der Waals surface area contributed by atoms with Crippen molar-refractivity contribution in [2.45, 2.75) is 24.2 Å². The van der Waals surface area contributed by atoms with Crippen LogP contribution < -0.4 is 5.32 Å². The molecule has 2 N–H and O–H groups in total. The molecule has 24 heavy (non-hydrogen) atoms. The van der Waals surface area contributed by atoms with Crippen molar-refractivity contribution in [1.29, 1.82) is 0 Å². The second-order valence-corrected chi connectivity index (χ2v) is 6.65. The van der Waals surface area contributed by atoms with Gasteiger partial charge < -0.3 is 10.4 Å². The van der Waals surface area contributed by atoms with E-state index in [4.69, 9.17) is 0 Å². The zero-order chi connectivity index (χ0) is 17.6. The van der Waals surface area contributed by atoms with Crippen molar-refractivity contribution < 1.29 is 14.3 Å². The van der Waals surface area contributed by atoms with Gasteiger partial charge in [-0.15, -0.1) is 0 Å². The highest BCUT2D eigenvalue weighted by Gasteiger charge is 2.44. The van der Waals surface area contributed by atoms with Crippen LogP contribution in [-0.4, -0.2) is 21.7 Å². The van der Waals surface area contributed by atoms with E-state index < -0.39 is 16.6 Å². The number of aliphatic hydroxyl groups is 1. The molecule has 0 saturated heterocycles. The summed E-state index contributed by atoms with van der Waals surface area (Å²) in [6.45, 7) is 1.77. The largest absolute Gasteiger partial charge is 0.384 e. The number of hydrogen-bond donors (Lipinski definition) is 2. The van der Waals surface area contributed by atoms with Crippen LogP contribution >= 0.6 is 15.9 Å². The third-order valence-electron chi connectivity index (χ3n) is 3.57. The first kappa shape index (κ1) is 18.4. The van der Waals surface area contributed by atoms with Crippen LogP contribution in [0.15, 0.2) is 66.2 Å². The molecule has 2 aromatic carbocycles. The summed E-state index contributed by atoms with van der Waals surface area (Å²) >= 11 is 2.73. The molecule has 2 atom stereocenters. The van der Waals surface area contributed by atoms with E-state index in [1.54, 1.807) is 13.0 Å². The number of hydrogen-bond acceptors (Lipinski definition) is 2. The Hall–Kier alpha value is -1.98. The molecule has 3 nitrogen and oxygen atoms in total. The highest BCUT2D eigenvalue weighted by Crippen LogP contribution is 2.30. The van der Waals surface area contributed by atoms with E-state index in [1.165, 1.54) is 0 Å². The molecule has 126 valence electrons. The van der Waals surface area contributed by atoms with Crippen molar-refractivity contribution in [3.05, 3.63) is 77.4 Å². The predicted octanol–water partition coefficient (Wildman–Crippen LogP) is 3.83. The lowest BCUT2D eigenvalue weighted by Gasteiger charge is -2.24. The molecule has 0 spiro atoms. The van der Waals surface area contributed by atoms with E-state index in [-0.39, 0.29) is 6.54 Å². The minimum absolute atomic E-state index is 0.186. The van der Waals surface area contributed by atoms with Gasteiger partial charge >= 0.3 is 0 Å². The van der Waals surface area contributed by atoms with Gasteiger partial charge in [-0.25, -0.2) is 4.39 Å². The number of alkyl halides is 2. The average molecular weight is 392 g/mol. The first-order valence-electron chi connectivity index (χ1n) is 7.52. The fraction of sp³-hybridized carbons (Fsp3) is 0.211. The average Bonchev–Trinajstić information content (AvgIpc) is 2.60. The number of rotatable bonds is 6. The van der Waals surface area contributed by atoms with Gasteiger partial charge in [0.25, 0.3) is 10.5 Å². The van der Waals surface area contributed by atoms with Gasteiger partial charge in [-0.05, 0) is 39.6 Å². The van der Waals surface area contributed by atoms with Gasteiger partial charge in [0.05, 0.1) is 0 Å². The summed E-state index contributed by atoms with van der Waals surface area (Å²) in [7, 11) is 0. The number of aliphatic hydroxyl groups excluding tert-OH is 1. The van der Waals surface area contributed by atoms with Gasteiger partial charge in [0.15, 0.2) is 0 Å². The Morgan fingerprint density at radius 2 is 1.75 bits per heavy atom. The lowest BCUT2D eigenvalue weighted by molar-refractivity contribution is -0.131. The molecule has 1 amide bonds. The standard InChI is InChI=1S/C19H19BrFNO2/c1-14(12-15-8-4-2-5-9-15)17(23)19(20,21)18(24)22-13-16-10-6-3-7-11-16/h2-12,17,23H,13H2,1H3,(H,22,24)/b14-12+/t17-,19-/m1/s1. The summed E-state index contributed by atoms with van der Waals surface area (Å²) in [4.78, 5) is 12.1. The van der Waals surface area contributed by atoms with E-state index in [9.17, 15) is 14.3 Å². The maximum Gasteiger partial charge on any atom is 0.272 e. The molecular formula is C19H19BrFNO2. The molecule has 0 aliphatic carbocycles. The van der Waals surface area contributed by atoms with Crippen LogP contribution in [0.5, 0.6) is 0 Å². The second-order valence-electron chi connectivity index (χ2n) is 5.49. The van der Waals surface area contributed by atoms with Crippen molar-refractivity contribution in [1.82, 2.24) is 5.32 Å². The molecule has 0 fully saturated rings. The number of halogens is 2. The van der Waals surface area contributed by atoms with Gasteiger partial charge in [-0.2, -0.15) is 0 Å². The predicted molar refractivity (Wildman–Crippen MR) is 97.2 cm³/mol. The number of benzene rings is 2. The molecule has 0 unspecified atom stereocenters. The fourth-order valence-corrected chi connectivity index (χ4v) is 2.70. The van der Waals surface area contributed by atoms with Crippen LogP contribution in [0.1, 0.15) is 18.1 Å². The lowest BCUT2D eigenvalue weighted by atomic mass is 10.0. The van der Waals surface area contributed by atoms with Gasteiger partial charge in [-0.1, -0.05) is 66.7 Å². The van der Waals surface area contributed by atoms with Crippen LogP contribution in [-0.2, 0) is 11.3 Å². The topological polar surface area (TPSA) is 49.3 Å². The van der Waals surface area contributed by atoms with Crippen LogP contribution in [0, 0.1) is 0 Å². The van der Waals surface area contributed by atoms with Crippen LogP contribution in [0.2, 0.25) is 0 Å². The summed E-state index contributed by atoms with van der Waals surface area (Å²) in [5.41, 5.74) is 2.01. The quantitative estimate of drug-likeness (QED) is 0.735. The molecule has 0 bridgehead atoms. The Kier molecular flexibility index (Phi) is 6.29. The zero-order valence-electron chi connectivity index (χ0n) is 13.2. The molecule has 2 rings (SSSR count). The van der Waals surface area contributed by atoms with Gasteiger partial charge in [0, 0.05) is 6.54 Å². The molecule has 0 aliphatic heterocycles. The highest BCUT2D eigenvalue weighted by atomic mass is 79.9. The van der Waals surface area contributed by atoms with Gasteiger partial charge in [0.1, 0.15) is 6.10 Å². The minimum atomic E-state index is -2.60. The van der Waals surface area contributed by atoms with Gasteiger partial charge in [-0.3, -0.25) is 4.79 Å². The van der Waals surface area contributed by atoms with Crippen LogP contribution in [0.3, 0.4) is 0 Å². The number of amides is 1. The van der Waals surface area contributed by atoms with Crippen molar-refractivity contribution >= 4 is 27.9 Å². The summed E-state index contributed by atoms with van der Waals surface area (Å²) in [5, 5.41) is 12.7. The van der Waals surface area contributed by atoms with E-state index in [2.05, 4.69) is 21.2 Å².